The predicted octanol–water partition coefficient (Wildman–Crippen LogP) is 6.73. The molecule has 0 radical (unpaired) electrons. The Kier molecular flexibility index (Phi) is 7.91. The van der Waals surface area contributed by atoms with Gasteiger partial charge < -0.3 is 4.90 Å². The van der Waals surface area contributed by atoms with Gasteiger partial charge in [0.15, 0.2) is 0 Å². The van der Waals surface area contributed by atoms with E-state index >= 15 is 0 Å². The van der Waals surface area contributed by atoms with Gasteiger partial charge in [-0.05, 0) is 68.3 Å². The normalized spacial score (nSPS) is 21.1. The molecule has 13 heteroatoms. The quantitative estimate of drug-likeness (QED) is 0.249. The molecule has 9 nitrogen and oxygen atoms in total. The molecular formula is C34H31BrF3N7O2. The molecule has 4 heterocycles. The topological polar surface area (TPSA) is 86.1 Å². The summed E-state index contributed by atoms with van der Waals surface area (Å²) in [7, 11) is 0. The van der Waals surface area contributed by atoms with Crippen LogP contribution in [0.1, 0.15) is 53.4 Å². The summed E-state index contributed by atoms with van der Waals surface area (Å²) in [5.74, 6) is 0.327. The van der Waals surface area contributed by atoms with Gasteiger partial charge in [0, 0.05) is 34.6 Å². The summed E-state index contributed by atoms with van der Waals surface area (Å²) in [4.78, 5) is 35.9. The van der Waals surface area contributed by atoms with E-state index in [-0.39, 0.29) is 22.5 Å². The van der Waals surface area contributed by atoms with E-state index in [1.807, 2.05) is 78.1 Å². The first-order chi connectivity index (χ1) is 22.5. The molecule has 0 saturated carbocycles. The number of nitrogens with zero attached hydrogens (tertiary/aromatic N) is 6. The molecule has 2 unspecified atom stereocenters. The Morgan fingerprint density at radius 1 is 1.04 bits per heavy atom. The lowest BCUT2D eigenvalue weighted by Crippen LogP contribution is -2.56. The monoisotopic (exact) mass is 705 g/mol. The molecule has 3 aliphatic heterocycles. The summed E-state index contributed by atoms with van der Waals surface area (Å²) in [5, 5.41) is 6.67. The minimum atomic E-state index is -4.62. The first kappa shape index (κ1) is 31.1. The lowest BCUT2D eigenvalue weighted by Gasteiger charge is -2.47. The molecule has 3 aromatic carbocycles. The van der Waals surface area contributed by atoms with Crippen LogP contribution in [0.25, 0.3) is 0 Å². The summed E-state index contributed by atoms with van der Waals surface area (Å²) in [6.07, 6.45) is -2.00. The van der Waals surface area contributed by atoms with Gasteiger partial charge in [-0.2, -0.15) is 18.3 Å². The molecular weight excluding hydrogens is 675 g/mol. The van der Waals surface area contributed by atoms with Gasteiger partial charge in [-0.1, -0.05) is 46.3 Å². The second kappa shape index (κ2) is 11.9. The number of piperidine rings is 1. The fourth-order valence-electron chi connectivity index (χ4n) is 6.77. The number of alkyl halides is 3. The highest BCUT2D eigenvalue weighted by molar-refractivity contribution is 9.10. The van der Waals surface area contributed by atoms with Gasteiger partial charge in [-0.25, -0.2) is 10.1 Å². The summed E-state index contributed by atoms with van der Waals surface area (Å²) < 4.78 is 42.7. The zero-order valence-corrected chi connectivity index (χ0v) is 27.2. The molecule has 1 aromatic heterocycles. The third kappa shape index (κ3) is 5.61. The number of carbonyl (C=O) groups excluding carboxylic acids is 2. The van der Waals surface area contributed by atoms with Crippen LogP contribution in [0.4, 0.5) is 30.4 Å². The number of amides is 2. The molecule has 0 spiro atoms. The molecule has 0 bridgehead atoms. The van der Waals surface area contributed by atoms with E-state index in [1.54, 1.807) is 16.0 Å². The van der Waals surface area contributed by atoms with Crippen LogP contribution in [0, 0.1) is 5.92 Å². The number of aromatic nitrogens is 2. The number of hydrazine groups is 1. The Balaban J connectivity index is 1.26. The van der Waals surface area contributed by atoms with E-state index in [9.17, 15) is 22.8 Å². The number of benzene rings is 3. The number of likely N-dealkylation sites (tertiary alicyclic amines) is 1. The summed E-state index contributed by atoms with van der Waals surface area (Å²) in [6, 6.07) is 20.2. The molecule has 1 fully saturated rings. The molecule has 1 saturated heterocycles. The van der Waals surface area contributed by atoms with Gasteiger partial charge in [0.05, 0.1) is 35.1 Å². The van der Waals surface area contributed by atoms with Crippen LogP contribution >= 0.6 is 15.9 Å². The molecule has 3 aliphatic rings. The van der Waals surface area contributed by atoms with Crippen molar-refractivity contribution in [3.05, 3.63) is 106 Å². The van der Waals surface area contributed by atoms with Crippen LogP contribution in [0.5, 0.6) is 0 Å². The van der Waals surface area contributed by atoms with Crippen molar-refractivity contribution >= 4 is 50.8 Å². The Bertz CT molecular complexity index is 1880. The lowest BCUT2D eigenvalue weighted by molar-refractivity contribution is -0.138. The Morgan fingerprint density at radius 2 is 1.77 bits per heavy atom. The number of fused-ring (bicyclic) bond motifs is 3. The number of aliphatic imine (C=N–C) groups is 1. The van der Waals surface area contributed by atoms with Crippen LogP contribution in [0.3, 0.4) is 0 Å². The molecule has 4 aromatic rings. The van der Waals surface area contributed by atoms with Crippen molar-refractivity contribution in [2.75, 3.05) is 23.1 Å². The van der Waals surface area contributed by atoms with Crippen LogP contribution in [-0.4, -0.2) is 51.6 Å². The van der Waals surface area contributed by atoms with E-state index in [4.69, 9.17) is 5.10 Å². The summed E-state index contributed by atoms with van der Waals surface area (Å²) >= 11 is 2.96. The Labute approximate surface area is 277 Å². The van der Waals surface area contributed by atoms with Crippen LogP contribution < -0.4 is 15.3 Å². The van der Waals surface area contributed by atoms with Crippen molar-refractivity contribution in [3.8, 4) is 0 Å². The maximum atomic E-state index is 14.5. The number of hydrogen-bond donors (Lipinski definition) is 1. The highest BCUT2D eigenvalue weighted by Gasteiger charge is 2.48. The second-order valence-electron chi connectivity index (χ2n) is 12.1. The fourth-order valence-corrected chi connectivity index (χ4v) is 7.24. The van der Waals surface area contributed by atoms with E-state index < -0.39 is 35.6 Å². The van der Waals surface area contributed by atoms with E-state index in [2.05, 4.69) is 26.3 Å². The van der Waals surface area contributed by atoms with Gasteiger partial charge in [-0.15, -0.1) is 0 Å². The highest BCUT2D eigenvalue weighted by Crippen LogP contribution is 2.45. The van der Waals surface area contributed by atoms with Crippen molar-refractivity contribution < 1.29 is 22.8 Å². The maximum Gasteiger partial charge on any atom is 0.417 e. The molecule has 0 aliphatic carbocycles. The lowest BCUT2D eigenvalue weighted by atomic mass is 9.84. The number of nitrogens with one attached hydrogen (secondary N) is 1. The zero-order valence-electron chi connectivity index (χ0n) is 25.6. The van der Waals surface area contributed by atoms with Crippen LogP contribution in [0.15, 0.2) is 88.5 Å². The van der Waals surface area contributed by atoms with E-state index in [0.29, 0.717) is 31.0 Å². The van der Waals surface area contributed by atoms with Gasteiger partial charge in [0.25, 0.3) is 5.91 Å². The van der Waals surface area contributed by atoms with Crippen molar-refractivity contribution in [3.63, 3.8) is 0 Å². The Morgan fingerprint density at radius 3 is 2.45 bits per heavy atom. The SMILES string of the molecule is CC1=NCNN1c1ccc(N2C(=O)C3C[C@H](C)N(C(=O)c4ccc(Br)c(C(F)(F)F)c4)CC3n3ncc(Cc4ccccc4)c32)cc1. The number of halogens is 4. The average Bonchev–Trinajstić information content (AvgIpc) is 3.67. The number of carbonyl (C=O) groups is 2. The van der Waals surface area contributed by atoms with E-state index in [0.717, 1.165) is 28.7 Å². The van der Waals surface area contributed by atoms with Gasteiger partial charge in [0.2, 0.25) is 5.91 Å². The second-order valence-corrected chi connectivity index (χ2v) is 12.9. The summed E-state index contributed by atoms with van der Waals surface area (Å²) in [6.45, 7) is 4.36. The Hall–Kier alpha value is -4.49. The third-order valence-corrected chi connectivity index (χ3v) is 9.82. The standard InChI is InChI=1S/C34H31BrF3N7O2/c1-20-14-27-30(18-42(20)32(46)23-8-13-29(35)28(16-23)34(36,37)38)45-31(24(17-40-45)15-22-6-4-3-5-7-22)43(33(27)47)25-9-11-26(12-10-25)44-21(2)39-19-41-44/h3-13,16-17,20,27,30,41H,14-15,18-19H2,1-2H3/t20-,27?,30?/m0/s1. The van der Waals surface area contributed by atoms with Crippen molar-refractivity contribution in [1.82, 2.24) is 20.1 Å². The molecule has 3 atom stereocenters. The largest absolute Gasteiger partial charge is 0.417 e. The van der Waals surface area contributed by atoms with Crippen LogP contribution in [-0.2, 0) is 17.4 Å². The van der Waals surface area contributed by atoms with Gasteiger partial charge >= 0.3 is 6.18 Å². The first-order valence-corrected chi connectivity index (χ1v) is 16.1. The molecule has 2 amide bonds. The predicted molar refractivity (Wildman–Crippen MR) is 175 cm³/mol. The van der Waals surface area contributed by atoms with Gasteiger partial charge in [0.1, 0.15) is 18.3 Å². The maximum absolute atomic E-state index is 14.5. The van der Waals surface area contributed by atoms with E-state index in [1.165, 1.54) is 12.1 Å². The summed E-state index contributed by atoms with van der Waals surface area (Å²) in [5.41, 5.74) is 5.69. The fraction of sp³-hybridized carbons (Fsp3) is 0.294. The minimum absolute atomic E-state index is 0.0621. The smallest absolute Gasteiger partial charge is 0.334 e. The van der Waals surface area contributed by atoms with Gasteiger partial charge in [-0.3, -0.25) is 24.5 Å². The third-order valence-electron chi connectivity index (χ3n) is 9.12. The number of amidine groups is 1. The number of rotatable bonds is 5. The average molecular weight is 707 g/mol. The number of anilines is 3. The van der Waals surface area contributed by atoms with Crippen molar-refractivity contribution in [2.24, 2.45) is 10.9 Å². The molecule has 1 N–H and O–H groups in total. The minimum Gasteiger partial charge on any atom is -0.334 e. The first-order valence-electron chi connectivity index (χ1n) is 15.3. The molecule has 242 valence electrons. The molecule has 7 rings (SSSR count). The van der Waals surface area contributed by atoms with Crippen molar-refractivity contribution in [2.45, 2.75) is 44.9 Å². The van der Waals surface area contributed by atoms with Crippen LogP contribution in [0.2, 0.25) is 0 Å². The van der Waals surface area contributed by atoms with Crippen molar-refractivity contribution in [1.29, 1.82) is 0 Å². The zero-order chi connectivity index (χ0) is 33.0. The molecule has 47 heavy (non-hydrogen) atoms. The highest BCUT2D eigenvalue weighted by atomic mass is 79.9. The number of hydrogen-bond acceptors (Lipinski definition) is 6.